The number of alkyl halides is 4. The van der Waals surface area contributed by atoms with E-state index in [4.69, 9.17) is 14.2 Å². The Bertz CT molecular complexity index is 1060. The zero-order chi connectivity index (χ0) is 23.7. The first-order chi connectivity index (χ1) is 15.0. The molecule has 0 radical (unpaired) electrons. The summed E-state index contributed by atoms with van der Waals surface area (Å²) in [4.78, 5) is 22.8. The van der Waals surface area contributed by atoms with E-state index >= 15 is 0 Å². The van der Waals surface area contributed by atoms with E-state index in [9.17, 15) is 32.5 Å². The lowest BCUT2D eigenvalue weighted by Crippen LogP contribution is -2.52. The smallest absolute Gasteiger partial charge is 0.493 e. The fourth-order valence-corrected chi connectivity index (χ4v) is 2.61. The molecule has 0 amide bonds. The summed E-state index contributed by atoms with van der Waals surface area (Å²) in [5.74, 6) is -2.97. The normalized spacial score (nSPS) is 15.6. The maximum Gasteiger partial charge on any atom is 0.507 e. The van der Waals surface area contributed by atoms with Crippen molar-refractivity contribution in [2.45, 2.75) is 25.6 Å². The predicted molar refractivity (Wildman–Crippen MR) is 97.9 cm³/mol. The van der Waals surface area contributed by atoms with E-state index in [-0.39, 0.29) is 23.9 Å². The molecule has 2 aromatic carbocycles. The molecule has 0 bridgehead atoms. The van der Waals surface area contributed by atoms with Gasteiger partial charge in [0, 0.05) is 12.1 Å². The summed E-state index contributed by atoms with van der Waals surface area (Å²) >= 11 is 0. The van der Waals surface area contributed by atoms with E-state index in [1.54, 1.807) is 6.92 Å². The van der Waals surface area contributed by atoms with E-state index in [1.807, 2.05) is 0 Å². The van der Waals surface area contributed by atoms with E-state index < -0.39 is 45.9 Å². The molecule has 1 aliphatic heterocycles. The van der Waals surface area contributed by atoms with Crippen molar-refractivity contribution in [2.75, 3.05) is 13.7 Å². The van der Waals surface area contributed by atoms with Crippen LogP contribution in [0.1, 0.15) is 23.7 Å². The monoisotopic (exact) mass is 461 g/mol. The Hall–Kier alpha value is -3.77. The molecule has 0 spiro atoms. The summed E-state index contributed by atoms with van der Waals surface area (Å²) in [5.41, 5.74) is -1.05. The zero-order valence-electron chi connectivity index (χ0n) is 16.5. The standard InChI is InChI=1S/C19H15F4NO8/c1-3-6-29-17(25)11-8-15(14(28-2)9-12(11)24(26)27)30-10-4-5-13-16(7-10)32-19(22,23)18(20,21)31-13/h4-5,7-9H,3,6H2,1-2H3. The predicted octanol–water partition coefficient (Wildman–Crippen LogP) is 4.92. The minimum Gasteiger partial charge on any atom is -0.493 e. The van der Waals surface area contributed by atoms with Crippen LogP contribution < -0.4 is 18.9 Å². The Labute approximate surface area is 177 Å². The molecule has 0 unspecified atom stereocenters. The molecule has 9 nitrogen and oxygen atoms in total. The number of carbonyl (C=O) groups is 1. The molecule has 2 aromatic rings. The van der Waals surface area contributed by atoms with Crippen molar-refractivity contribution in [2.24, 2.45) is 0 Å². The van der Waals surface area contributed by atoms with Gasteiger partial charge in [0.05, 0.1) is 24.7 Å². The van der Waals surface area contributed by atoms with Gasteiger partial charge < -0.3 is 23.7 Å². The zero-order valence-corrected chi connectivity index (χ0v) is 16.5. The Morgan fingerprint density at radius 1 is 1.06 bits per heavy atom. The molecule has 0 fully saturated rings. The highest BCUT2D eigenvalue weighted by Gasteiger charge is 2.66. The largest absolute Gasteiger partial charge is 0.507 e. The molecular weight excluding hydrogens is 446 g/mol. The van der Waals surface area contributed by atoms with Gasteiger partial charge in [0.15, 0.2) is 23.0 Å². The van der Waals surface area contributed by atoms with Crippen LogP contribution in [-0.2, 0) is 4.74 Å². The number of esters is 1. The summed E-state index contributed by atoms with van der Waals surface area (Å²) in [6, 6.07) is 4.74. The van der Waals surface area contributed by atoms with Crippen LogP contribution in [0.4, 0.5) is 23.2 Å². The lowest BCUT2D eigenvalue weighted by molar-refractivity contribution is -0.391. The highest BCUT2D eigenvalue weighted by Crippen LogP contribution is 2.48. The van der Waals surface area contributed by atoms with E-state index in [1.165, 1.54) is 7.11 Å². The third kappa shape index (κ3) is 4.31. The van der Waals surface area contributed by atoms with E-state index in [0.717, 1.165) is 30.3 Å². The lowest BCUT2D eigenvalue weighted by Gasteiger charge is -2.31. The molecule has 3 rings (SSSR count). The first-order valence-electron chi connectivity index (χ1n) is 8.98. The topological polar surface area (TPSA) is 106 Å². The number of halogens is 4. The summed E-state index contributed by atoms with van der Waals surface area (Å²) in [6.45, 7) is 1.74. The van der Waals surface area contributed by atoms with Crippen molar-refractivity contribution >= 4 is 11.7 Å². The maximum atomic E-state index is 13.4. The number of hydrogen-bond acceptors (Lipinski definition) is 8. The molecule has 0 atom stereocenters. The number of nitro groups is 1. The number of hydrogen-bond donors (Lipinski definition) is 0. The number of nitrogens with zero attached hydrogens (tertiary/aromatic N) is 1. The molecule has 0 N–H and O–H groups in total. The summed E-state index contributed by atoms with van der Waals surface area (Å²) in [7, 11) is 1.17. The van der Waals surface area contributed by atoms with Gasteiger partial charge in [0.25, 0.3) is 5.69 Å². The molecule has 0 saturated carbocycles. The number of carbonyl (C=O) groups excluding carboxylic acids is 1. The van der Waals surface area contributed by atoms with Crippen molar-refractivity contribution in [3.8, 4) is 28.7 Å². The number of benzene rings is 2. The van der Waals surface area contributed by atoms with Crippen LogP contribution in [0.2, 0.25) is 0 Å². The van der Waals surface area contributed by atoms with Gasteiger partial charge in [0.1, 0.15) is 11.3 Å². The average molecular weight is 461 g/mol. The second-order valence-corrected chi connectivity index (χ2v) is 6.36. The van der Waals surface area contributed by atoms with Gasteiger partial charge in [-0.15, -0.1) is 0 Å². The Balaban J connectivity index is 1.98. The molecular formula is C19H15F4NO8. The van der Waals surface area contributed by atoms with E-state index in [2.05, 4.69) is 9.47 Å². The first-order valence-corrected chi connectivity index (χ1v) is 8.98. The van der Waals surface area contributed by atoms with Gasteiger partial charge in [0.2, 0.25) is 0 Å². The van der Waals surface area contributed by atoms with Gasteiger partial charge in [-0.1, -0.05) is 6.92 Å². The minimum absolute atomic E-state index is 0.0131. The highest BCUT2D eigenvalue weighted by atomic mass is 19.3. The second-order valence-electron chi connectivity index (χ2n) is 6.36. The average Bonchev–Trinajstić information content (AvgIpc) is 2.72. The number of ether oxygens (including phenoxy) is 5. The van der Waals surface area contributed by atoms with Crippen molar-refractivity contribution < 1.29 is 51.0 Å². The minimum atomic E-state index is -4.93. The SMILES string of the molecule is CCCOC(=O)c1cc(Oc2ccc3c(c2)OC(F)(F)C(F)(F)O3)c(OC)cc1[N+](=O)[O-]. The van der Waals surface area contributed by atoms with Crippen LogP contribution in [0.3, 0.4) is 0 Å². The van der Waals surface area contributed by atoms with Crippen LogP contribution in [0, 0.1) is 10.1 Å². The molecule has 0 aliphatic carbocycles. The van der Waals surface area contributed by atoms with Gasteiger partial charge >= 0.3 is 18.2 Å². The number of methoxy groups -OCH3 is 1. The second kappa shape index (κ2) is 8.40. The third-order valence-corrected chi connectivity index (χ3v) is 4.09. The fourth-order valence-electron chi connectivity index (χ4n) is 2.61. The van der Waals surface area contributed by atoms with Crippen molar-refractivity contribution in [3.05, 3.63) is 46.0 Å². The van der Waals surface area contributed by atoms with Crippen LogP contribution in [0.25, 0.3) is 0 Å². The van der Waals surface area contributed by atoms with Gasteiger partial charge in [-0.25, -0.2) is 4.79 Å². The van der Waals surface area contributed by atoms with Crippen LogP contribution in [0.5, 0.6) is 28.7 Å². The fraction of sp³-hybridized carbons (Fsp3) is 0.316. The summed E-state index contributed by atoms with van der Waals surface area (Å²) in [6.07, 6.45) is -9.34. The molecule has 0 aromatic heterocycles. The van der Waals surface area contributed by atoms with Crippen LogP contribution in [-0.4, -0.2) is 36.8 Å². The van der Waals surface area contributed by atoms with Crippen LogP contribution >= 0.6 is 0 Å². The van der Waals surface area contributed by atoms with Crippen molar-refractivity contribution in [1.29, 1.82) is 0 Å². The quantitative estimate of drug-likeness (QED) is 0.248. The van der Waals surface area contributed by atoms with Gasteiger partial charge in [-0.3, -0.25) is 10.1 Å². The molecule has 32 heavy (non-hydrogen) atoms. The molecule has 172 valence electrons. The van der Waals surface area contributed by atoms with E-state index in [0.29, 0.717) is 6.42 Å². The Kier molecular flexibility index (Phi) is 6.01. The Morgan fingerprint density at radius 2 is 1.72 bits per heavy atom. The first kappa shape index (κ1) is 22.9. The number of nitro benzene ring substituents is 1. The molecule has 13 heteroatoms. The lowest BCUT2D eigenvalue weighted by atomic mass is 10.1. The highest BCUT2D eigenvalue weighted by molar-refractivity contribution is 5.95. The Morgan fingerprint density at radius 3 is 2.31 bits per heavy atom. The van der Waals surface area contributed by atoms with Gasteiger partial charge in [-0.05, 0) is 18.6 Å². The number of rotatable bonds is 7. The molecule has 0 saturated heterocycles. The summed E-state index contributed by atoms with van der Waals surface area (Å²) in [5, 5.41) is 11.4. The van der Waals surface area contributed by atoms with Crippen molar-refractivity contribution in [3.63, 3.8) is 0 Å². The summed E-state index contributed by atoms with van der Waals surface area (Å²) < 4.78 is 76.9. The third-order valence-electron chi connectivity index (χ3n) is 4.09. The number of fused-ring (bicyclic) bond motifs is 1. The molecule has 1 heterocycles. The maximum absolute atomic E-state index is 13.4. The van der Waals surface area contributed by atoms with Crippen LogP contribution in [0.15, 0.2) is 30.3 Å². The van der Waals surface area contributed by atoms with Gasteiger partial charge in [-0.2, -0.15) is 17.6 Å². The van der Waals surface area contributed by atoms with Crippen molar-refractivity contribution in [1.82, 2.24) is 0 Å². The molecule has 1 aliphatic rings.